The van der Waals surface area contributed by atoms with E-state index in [0.29, 0.717) is 12.0 Å². The molecule has 1 saturated heterocycles. The van der Waals surface area contributed by atoms with Gasteiger partial charge in [0, 0.05) is 18.6 Å². The second-order valence-electron chi connectivity index (χ2n) is 3.53. The first-order valence-corrected chi connectivity index (χ1v) is 4.21. The first-order valence-electron chi connectivity index (χ1n) is 4.21. The first-order chi connectivity index (χ1) is 4.88. The summed E-state index contributed by atoms with van der Waals surface area (Å²) in [5.41, 5.74) is 5.94. The number of nitrogens with two attached hydrogens (primary N) is 1. The maximum Gasteiger partial charge on any atom is 0.0511 e. The fourth-order valence-electron chi connectivity index (χ4n) is 1.79. The van der Waals surface area contributed by atoms with E-state index in [4.69, 9.17) is 10.5 Å². The van der Waals surface area contributed by atoms with Crippen LogP contribution < -0.4 is 5.73 Å². The maximum atomic E-state index is 5.94. The van der Waals surface area contributed by atoms with E-state index in [2.05, 4.69) is 0 Å². The molecule has 1 aliphatic heterocycles. The van der Waals surface area contributed by atoms with Crippen LogP contribution in [0.5, 0.6) is 0 Å². The Morgan fingerprint density at radius 2 is 2.00 bits per heavy atom. The standard InChI is InChI=1S/C8H15NO/c9-8-3-4-10-5-7(8)6-1-2-6/h6-8H,1-5,9H2. The van der Waals surface area contributed by atoms with Crippen molar-refractivity contribution in [3.8, 4) is 0 Å². The van der Waals surface area contributed by atoms with Gasteiger partial charge < -0.3 is 10.5 Å². The van der Waals surface area contributed by atoms with Gasteiger partial charge in [0.15, 0.2) is 0 Å². The van der Waals surface area contributed by atoms with Gasteiger partial charge in [-0.3, -0.25) is 0 Å². The molecule has 2 heteroatoms. The summed E-state index contributed by atoms with van der Waals surface area (Å²) < 4.78 is 5.37. The Morgan fingerprint density at radius 3 is 2.60 bits per heavy atom. The minimum Gasteiger partial charge on any atom is -0.381 e. The highest BCUT2D eigenvalue weighted by atomic mass is 16.5. The van der Waals surface area contributed by atoms with E-state index >= 15 is 0 Å². The normalized spacial score (nSPS) is 41.7. The van der Waals surface area contributed by atoms with E-state index in [0.717, 1.165) is 25.6 Å². The molecule has 2 atom stereocenters. The third-order valence-electron chi connectivity index (χ3n) is 2.68. The summed E-state index contributed by atoms with van der Waals surface area (Å²) in [6, 6.07) is 0.432. The number of ether oxygens (including phenoxy) is 1. The van der Waals surface area contributed by atoms with E-state index < -0.39 is 0 Å². The highest BCUT2D eigenvalue weighted by Gasteiger charge is 2.36. The Kier molecular flexibility index (Phi) is 1.66. The average Bonchev–Trinajstić information content (AvgIpc) is 2.71. The molecule has 0 spiro atoms. The molecule has 0 radical (unpaired) electrons. The van der Waals surface area contributed by atoms with E-state index in [9.17, 15) is 0 Å². The van der Waals surface area contributed by atoms with E-state index in [1.165, 1.54) is 12.8 Å². The van der Waals surface area contributed by atoms with Gasteiger partial charge in [-0.2, -0.15) is 0 Å². The number of hydrogen-bond acceptors (Lipinski definition) is 2. The summed E-state index contributed by atoms with van der Waals surface area (Å²) in [6.07, 6.45) is 3.85. The van der Waals surface area contributed by atoms with Crippen LogP contribution in [0.3, 0.4) is 0 Å². The predicted octanol–water partition coefficient (Wildman–Crippen LogP) is 0.760. The van der Waals surface area contributed by atoms with Crippen molar-refractivity contribution in [1.29, 1.82) is 0 Å². The Labute approximate surface area is 61.7 Å². The van der Waals surface area contributed by atoms with Crippen LogP contribution in [0.1, 0.15) is 19.3 Å². The molecule has 2 rings (SSSR count). The molecule has 2 nitrogen and oxygen atoms in total. The summed E-state index contributed by atoms with van der Waals surface area (Å²) in [5, 5.41) is 0. The Bertz CT molecular complexity index is 122. The summed E-state index contributed by atoms with van der Waals surface area (Å²) in [4.78, 5) is 0. The second kappa shape index (κ2) is 2.51. The zero-order valence-corrected chi connectivity index (χ0v) is 6.25. The zero-order valence-electron chi connectivity index (χ0n) is 6.25. The molecule has 0 amide bonds. The third-order valence-corrected chi connectivity index (χ3v) is 2.68. The number of rotatable bonds is 1. The van der Waals surface area contributed by atoms with Gasteiger partial charge in [0.2, 0.25) is 0 Å². The van der Waals surface area contributed by atoms with Crippen LogP contribution in [-0.2, 0) is 4.74 Å². The monoisotopic (exact) mass is 141 g/mol. The molecule has 0 aromatic heterocycles. The second-order valence-corrected chi connectivity index (χ2v) is 3.53. The van der Waals surface area contributed by atoms with Gasteiger partial charge >= 0.3 is 0 Å². The minimum atomic E-state index is 0.432. The molecule has 2 fully saturated rings. The number of hydrogen-bond donors (Lipinski definition) is 1. The zero-order chi connectivity index (χ0) is 6.97. The van der Waals surface area contributed by atoms with Gasteiger partial charge in [0.1, 0.15) is 0 Å². The lowest BCUT2D eigenvalue weighted by Gasteiger charge is -2.28. The summed E-state index contributed by atoms with van der Waals surface area (Å²) in [6.45, 7) is 1.80. The van der Waals surface area contributed by atoms with Crippen LogP contribution >= 0.6 is 0 Å². The van der Waals surface area contributed by atoms with Crippen molar-refractivity contribution < 1.29 is 4.74 Å². The SMILES string of the molecule is NC1CCOCC1C1CC1. The summed E-state index contributed by atoms with van der Waals surface area (Å²) in [7, 11) is 0. The molecule has 2 aliphatic rings. The topological polar surface area (TPSA) is 35.2 Å². The molecule has 58 valence electrons. The van der Waals surface area contributed by atoms with Crippen molar-refractivity contribution >= 4 is 0 Å². The first kappa shape index (κ1) is 6.62. The van der Waals surface area contributed by atoms with Crippen LogP contribution in [0.25, 0.3) is 0 Å². The molecule has 1 heterocycles. The summed E-state index contributed by atoms with van der Waals surface area (Å²) >= 11 is 0. The van der Waals surface area contributed by atoms with Crippen molar-refractivity contribution in [3.05, 3.63) is 0 Å². The fraction of sp³-hybridized carbons (Fsp3) is 1.00. The predicted molar refractivity (Wildman–Crippen MR) is 39.6 cm³/mol. The molecule has 10 heavy (non-hydrogen) atoms. The van der Waals surface area contributed by atoms with Crippen molar-refractivity contribution in [2.45, 2.75) is 25.3 Å². The van der Waals surface area contributed by atoms with Crippen LogP contribution in [-0.4, -0.2) is 19.3 Å². The van der Waals surface area contributed by atoms with Gasteiger partial charge in [0.25, 0.3) is 0 Å². The van der Waals surface area contributed by atoms with E-state index in [-0.39, 0.29) is 0 Å². The van der Waals surface area contributed by atoms with Gasteiger partial charge in [-0.05, 0) is 25.2 Å². The molecule has 1 saturated carbocycles. The van der Waals surface area contributed by atoms with Gasteiger partial charge in [-0.1, -0.05) is 0 Å². The molecular weight excluding hydrogens is 126 g/mol. The highest BCUT2D eigenvalue weighted by molar-refractivity contribution is 4.89. The molecule has 2 unspecified atom stereocenters. The third kappa shape index (κ3) is 1.18. The molecule has 0 aromatic carbocycles. The smallest absolute Gasteiger partial charge is 0.0511 e. The van der Waals surface area contributed by atoms with E-state index in [1.54, 1.807) is 0 Å². The van der Waals surface area contributed by atoms with Crippen LogP contribution in [0.4, 0.5) is 0 Å². The largest absolute Gasteiger partial charge is 0.381 e. The molecule has 0 bridgehead atoms. The van der Waals surface area contributed by atoms with Crippen molar-refractivity contribution in [2.24, 2.45) is 17.6 Å². The lowest BCUT2D eigenvalue weighted by Crippen LogP contribution is -2.39. The van der Waals surface area contributed by atoms with Crippen LogP contribution in [0.2, 0.25) is 0 Å². The highest BCUT2D eigenvalue weighted by Crippen LogP contribution is 2.39. The molecule has 1 aliphatic carbocycles. The Balaban J connectivity index is 1.90. The molecule has 0 aromatic rings. The Morgan fingerprint density at radius 1 is 1.20 bits per heavy atom. The summed E-state index contributed by atoms with van der Waals surface area (Å²) in [5.74, 6) is 1.60. The maximum absolute atomic E-state index is 5.94. The van der Waals surface area contributed by atoms with Crippen molar-refractivity contribution in [3.63, 3.8) is 0 Å². The van der Waals surface area contributed by atoms with E-state index in [1.807, 2.05) is 0 Å². The fourth-order valence-corrected chi connectivity index (χ4v) is 1.79. The quantitative estimate of drug-likeness (QED) is 0.585. The van der Waals surface area contributed by atoms with Crippen molar-refractivity contribution in [1.82, 2.24) is 0 Å². The molecule has 2 N–H and O–H groups in total. The lowest BCUT2D eigenvalue weighted by atomic mass is 9.92. The van der Waals surface area contributed by atoms with Gasteiger partial charge in [-0.15, -0.1) is 0 Å². The average molecular weight is 141 g/mol. The lowest BCUT2D eigenvalue weighted by molar-refractivity contribution is 0.0335. The Hall–Kier alpha value is -0.0800. The van der Waals surface area contributed by atoms with Crippen LogP contribution in [0.15, 0.2) is 0 Å². The van der Waals surface area contributed by atoms with Gasteiger partial charge in [-0.25, -0.2) is 0 Å². The van der Waals surface area contributed by atoms with Crippen LogP contribution in [0, 0.1) is 11.8 Å². The van der Waals surface area contributed by atoms with Gasteiger partial charge in [0.05, 0.1) is 6.61 Å². The molecular formula is C8H15NO. The minimum absolute atomic E-state index is 0.432. The van der Waals surface area contributed by atoms with Crippen molar-refractivity contribution in [2.75, 3.05) is 13.2 Å².